The van der Waals surface area contributed by atoms with Gasteiger partial charge in [-0.15, -0.1) is 0 Å². The number of carbonyl (C=O) groups excluding carboxylic acids is 1. The molecule has 0 aliphatic heterocycles. The summed E-state index contributed by atoms with van der Waals surface area (Å²) in [5, 5.41) is 2.96. The van der Waals surface area contributed by atoms with Crippen LogP contribution in [0.15, 0.2) is 0 Å². The molecule has 0 radical (unpaired) electrons. The number of rotatable bonds is 5. The van der Waals surface area contributed by atoms with Gasteiger partial charge in [-0.25, -0.2) is 0 Å². The average Bonchev–Trinajstić information content (AvgIpc) is 2.16. The molecule has 0 aliphatic rings. The molecule has 0 bridgehead atoms. The van der Waals surface area contributed by atoms with Crippen LogP contribution in [0.25, 0.3) is 0 Å². The number of nitrogens with two attached hydrogens (primary N) is 1. The minimum Gasteiger partial charge on any atom is -0.352 e. The van der Waals surface area contributed by atoms with Crippen LogP contribution in [0, 0.1) is 5.92 Å². The molecule has 3 unspecified atom stereocenters. The lowest BCUT2D eigenvalue weighted by atomic mass is 9.96. The van der Waals surface area contributed by atoms with Crippen LogP contribution in [-0.4, -0.2) is 17.5 Å². The summed E-state index contributed by atoms with van der Waals surface area (Å²) in [5.41, 5.74) is 5.10. The summed E-state index contributed by atoms with van der Waals surface area (Å²) in [6.07, 6.45) is 1.72. The van der Waals surface area contributed by atoms with Crippen molar-refractivity contribution in [2.75, 3.05) is 0 Å². The van der Waals surface area contributed by atoms with E-state index >= 15 is 0 Å². The Bertz CT molecular complexity index is 190. The predicted molar refractivity (Wildman–Crippen MR) is 59.9 cm³/mol. The fourth-order valence-electron chi connectivity index (χ4n) is 1.03. The first kappa shape index (κ1) is 13.4. The predicted octanol–water partition coefficient (Wildman–Crippen LogP) is 1.66. The minimum absolute atomic E-state index is 0.0483. The van der Waals surface area contributed by atoms with Gasteiger partial charge in [0, 0.05) is 6.04 Å². The van der Waals surface area contributed by atoms with Crippen molar-refractivity contribution in [3.8, 4) is 0 Å². The zero-order valence-electron chi connectivity index (χ0n) is 10.1. The molecule has 0 rings (SSSR count). The van der Waals surface area contributed by atoms with Gasteiger partial charge in [0.15, 0.2) is 0 Å². The van der Waals surface area contributed by atoms with Gasteiger partial charge < -0.3 is 11.1 Å². The van der Waals surface area contributed by atoms with Crippen LogP contribution in [0.3, 0.4) is 0 Å². The minimum atomic E-state index is -0.734. The maximum atomic E-state index is 11.7. The second kappa shape index (κ2) is 5.35. The van der Waals surface area contributed by atoms with E-state index in [1.165, 1.54) is 0 Å². The first-order valence-corrected chi connectivity index (χ1v) is 5.45. The van der Waals surface area contributed by atoms with Crippen LogP contribution in [0.5, 0.6) is 0 Å². The topological polar surface area (TPSA) is 55.1 Å². The third-order valence-corrected chi connectivity index (χ3v) is 3.11. The Labute approximate surface area is 87.4 Å². The number of hydrogen-bond donors (Lipinski definition) is 2. The monoisotopic (exact) mass is 200 g/mol. The van der Waals surface area contributed by atoms with Crippen LogP contribution in [0.4, 0.5) is 0 Å². The Morgan fingerprint density at radius 3 is 2.29 bits per heavy atom. The van der Waals surface area contributed by atoms with E-state index in [2.05, 4.69) is 19.2 Å². The smallest absolute Gasteiger partial charge is 0.239 e. The maximum Gasteiger partial charge on any atom is 0.239 e. The van der Waals surface area contributed by atoms with Gasteiger partial charge >= 0.3 is 0 Å². The second-order valence-corrected chi connectivity index (χ2v) is 4.42. The molecule has 0 aromatic rings. The highest BCUT2D eigenvalue weighted by molar-refractivity contribution is 5.85. The fourth-order valence-corrected chi connectivity index (χ4v) is 1.03. The third-order valence-electron chi connectivity index (χ3n) is 3.11. The van der Waals surface area contributed by atoms with E-state index < -0.39 is 5.54 Å². The molecule has 0 aromatic carbocycles. The quantitative estimate of drug-likeness (QED) is 0.709. The Balaban J connectivity index is 4.19. The lowest BCUT2D eigenvalue weighted by Gasteiger charge is -2.27. The molecule has 0 spiro atoms. The molecule has 0 aromatic heterocycles. The zero-order chi connectivity index (χ0) is 11.4. The highest BCUT2D eigenvalue weighted by Gasteiger charge is 2.27. The lowest BCUT2D eigenvalue weighted by Crippen LogP contribution is -2.54. The normalized spacial score (nSPS) is 19.6. The standard InChI is InChI=1S/C11H24N2O/c1-6-8(3)9(4)13-10(14)11(5,12)7-2/h8-9H,6-7,12H2,1-5H3,(H,13,14). The molecule has 0 heterocycles. The van der Waals surface area contributed by atoms with Gasteiger partial charge in [-0.3, -0.25) is 4.79 Å². The van der Waals surface area contributed by atoms with Gasteiger partial charge in [0.25, 0.3) is 0 Å². The van der Waals surface area contributed by atoms with Crippen molar-refractivity contribution in [2.24, 2.45) is 11.7 Å². The third kappa shape index (κ3) is 3.66. The van der Waals surface area contributed by atoms with Gasteiger partial charge in [-0.2, -0.15) is 0 Å². The summed E-state index contributed by atoms with van der Waals surface area (Å²) in [7, 11) is 0. The van der Waals surface area contributed by atoms with Crippen molar-refractivity contribution < 1.29 is 4.79 Å². The summed E-state index contributed by atoms with van der Waals surface area (Å²) in [4.78, 5) is 11.7. The molecule has 0 saturated carbocycles. The van der Waals surface area contributed by atoms with Crippen LogP contribution in [-0.2, 0) is 4.79 Å². The van der Waals surface area contributed by atoms with E-state index in [1.54, 1.807) is 6.92 Å². The Morgan fingerprint density at radius 2 is 1.93 bits per heavy atom. The summed E-state index contributed by atoms with van der Waals surface area (Å²) in [6.45, 7) is 9.97. The molecule has 3 heteroatoms. The second-order valence-electron chi connectivity index (χ2n) is 4.42. The summed E-state index contributed by atoms with van der Waals surface area (Å²) < 4.78 is 0. The van der Waals surface area contributed by atoms with Crippen molar-refractivity contribution in [1.82, 2.24) is 5.32 Å². The molecular weight excluding hydrogens is 176 g/mol. The first-order valence-electron chi connectivity index (χ1n) is 5.45. The molecule has 3 N–H and O–H groups in total. The summed E-state index contributed by atoms with van der Waals surface area (Å²) in [6, 6.07) is 0.196. The van der Waals surface area contributed by atoms with E-state index in [0.717, 1.165) is 6.42 Å². The van der Waals surface area contributed by atoms with E-state index in [-0.39, 0.29) is 11.9 Å². The fraction of sp³-hybridized carbons (Fsp3) is 0.909. The van der Waals surface area contributed by atoms with E-state index in [9.17, 15) is 4.79 Å². The first-order chi connectivity index (χ1) is 6.35. The van der Waals surface area contributed by atoms with Crippen LogP contribution in [0.2, 0.25) is 0 Å². The molecule has 14 heavy (non-hydrogen) atoms. The maximum absolute atomic E-state index is 11.7. The molecule has 1 amide bonds. The number of nitrogens with one attached hydrogen (secondary N) is 1. The molecule has 0 aliphatic carbocycles. The molecule has 3 nitrogen and oxygen atoms in total. The average molecular weight is 200 g/mol. The Kier molecular flexibility index (Phi) is 5.13. The Hall–Kier alpha value is -0.570. The number of carbonyl (C=O) groups is 1. The Morgan fingerprint density at radius 1 is 1.43 bits per heavy atom. The largest absolute Gasteiger partial charge is 0.352 e. The van der Waals surface area contributed by atoms with Crippen molar-refractivity contribution in [1.29, 1.82) is 0 Å². The van der Waals surface area contributed by atoms with E-state index in [1.807, 2.05) is 13.8 Å². The zero-order valence-corrected chi connectivity index (χ0v) is 10.1. The van der Waals surface area contributed by atoms with Crippen LogP contribution >= 0.6 is 0 Å². The molecule has 0 saturated heterocycles. The van der Waals surface area contributed by atoms with E-state index in [0.29, 0.717) is 12.3 Å². The lowest BCUT2D eigenvalue weighted by molar-refractivity contribution is -0.126. The highest BCUT2D eigenvalue weighted by atomic mass is 16.2. The van der Waals surface area contributed by atoms with Gasteiger partial charge in [-0.05, 0) is 26.2 Å². The SMILES string of the molecule is CCC(C)C(C)NC(=O)C(C)(N)CC. The van der Waals surface area contributed by atoms with Crippen molar-refractivity contribution in [3.63, 3.8) is 0 Å². The summed E-state index contributed by atoms with van der Waals surface area (Å²) >= 11 is 0. The van der Waals surface area contributed by atoms with Crippen molar-refractivity contribution in [3.05, 3.63) is 0 Å². The van der Waals surface area contributed by atoms with Crippen LogP contribution < -0.4 is 11.1 Å². The van der Waals surface area contributed by atoms with Crippen LogP contribution in [0.1, 0.15) is 47.5 Å². The highest BCUT2D eigenvalue weighted by Crippen LogP contribution is 2.10. The molecule has 0 fully saturated rings. The number of amides is 1. The van der Waals surface area contributed by atoms with Gasteiger partial charge in [0.05, 0.1) is 5.54 Å². The van der Waals surface area contributed by atoms with Gasteiger partial charge in [-0.1, -0.05) is 27.2 Å². The van der Waals surface area contributed by atoms with Gasteiger partial charge in [0.2, 0.25) is 5.91 Å². The van der Waals surface area contributed by atoms with Crippen molar-refractivity contribution in [2.45, 2.75) is 59.0 Å². The molecule has 3 atom stereocenters. The van der Waals surface area contributed by atoms with Crippen molar-refractivity contribution >= 4 is 5.91 Å². The summed E-state index contributed by atoms with van der Waals surface area (Å²) in [5.74, 6) is 0.444. The van der Waals surface area contributed by atoms with E-state index in [4.69, 9.17) is 5.73 Å². The van der Waals surface area contributed by atoms with Gasteiger partial charge in [0.1, 0.15) is 0 Å². The number of hydrogen-bond acceptors (Lipinski definition) is 2. The molecule has 84 valence electrons. The molecular formula is C11H24N2O.